The van der Waals surface area contributed by atoms with Crippen LogP contribution in [0.3, 0.4) is 0 Å². The Morgan fingerprint density at radius 3 is 2.85 bits per heavy atom. The number of rotatable bonds is 5. The van der Waals surface area contributed by atoms with Gasteiger partial charge in [-0.05, 0) is 24.1 Å². The van der Waals surface area contributed by atoms with Gasteiger partial charge >= 0.3 is 5.97 Å². The van der Waals surface area contributed by atoms with Crippen LogP contribution in [0.15, 0.2) is 18.2 Å². The molecule has 108 valence electrons. The molecule has 0 aliphatic carbocycles. The molecule has 1 amide bonds. The Kier molecular flexibility index (Phi) is 4.36. The van der Waals surface area contributed by atoms with E-state index in [4.69, 9.17) is 15.6 Å². The number of amides is 1. The van der Waals surface area contributed by atoms with Crippen molar-refractivity contribution in [2.45, 2.75) is 26.1 Å². The molecule has 1 aliphatic heterocycles. The second kappa shape index (κ2) is 6.02. The fraction of sp³-hybridized carbons (Fsp3) is 0.429. The number of ether oxygens (including phenoxy) is 1. The molecular formula is C14H18N2O4. The Balaban J connectivity index is 2.00. The average molecular weight is 278 g/mol. The number of carbonyl (C=O) groups is 2. The van der Waals surface area contributed by atoms with E-state index in [0.717, 1.165) is 5.56 Å². The maximum absolute atomic E-state index is 12.0. The van der Waals surface area contributed by atoms with Gasteiger partial charge in [-0.1, -0.05) is 12.1 Å². The summed E-state index contributed by atoms with van der Waals surface area (Å²) in [6, 6.07) is 4.99. The van der Waals surface area contributed by atoms with E-state index >= 15 is 0 Å². The van der Waals surface area contributed by atoms with E-state index in [0.29, 0.717) is 25.3 Å². The standard InChI is InChI=1S/C14H18N2O4/c1-9(15)7-20-8-13(17)16-5-10-3-2-4-11(14(18)19)12(10)6-16/h2-4,9H,5-8,15H2,1H3,(H,18,19). The van der Waals surface area contributed by atoms with Crippen LogP contribution in [0.2, 0.25) is 0 Å². The molecule has 20 heavy (non-hydrogen) atoms. The van der Waals surface area contributed by atoms with Crippen LogP contribution in [0.25, 0.3) is 0 Å². The summed E-state index contributed by atoms with van der Waals surface area (Å²) in [7, 11) is 0. The number of nitrogens with zero attached hydrogens (tertiary/aromatic N) is 1. The SMILES string of the molecule is CC(N)COCC(=O)N1Cc2cccc(C(=O)O)c2C1. The van der Waals surface area contributed by atoms with E-state index in [1.54, 1.807) is 24.0 Å². The average Bonchev–Trinajstić information content (AvgIpc) is 2.81. The number of hydrogen-bond acceptors (Lipinski definition) is 4. The fourth-order valence-electron chi connectivity index (χ4n) is 2.22. The highest BCUT2D eigenvalue weighted by molar-refractivity contribution is 5.90. The first-order chi connectivity index (χ1) is 9.49. The number of carboxylic acids is 1. The molecule has 0 fully saturated rings. The van der Waals surface area contributed by atoms with Gasteiger partial charge in [-0.2, -0.15) is 0 Å². The Labute approximate surface area is 117 Å². The maximum atomic E-state index is 12.0. The normalized spacial score (nSPS) is 15.0. The van der Waals surface area contributed by atoms with E-state index in [1.165, 1.54) is 0 Å². The number of nitrogens with two attached hydrogens (primary N) is 1. The van der Waals surface area contributed by atoms with Crippen LogP contribution in [0.4, 0.5) is 0 Å². The minimum Gasteiger partial charge on any atom is -0.478 e. The molecular weight excluding hydrogens is 260 g/mol. The van der Waals surface area contributed by atoms with Crippen molar-refractivity contribution in [3.8, 4) is 0 Å². The zero-order chi connectivity index (χ0) is 14.7. The van der Waals surface area contributed by atoms with Crippen molar-refractivity contribution in [1.29, 1.82) is 0 Å². The van der Waals surface area contributed by atoms with Crippen LogP contribution >= 0.6 is 0 Å². The third kappa shape index (κ3) is 3.15. The van der Waals surface area contributed by atoms with Crippen molar-refractivity contribution >= 4 is 11.9 Å². The second-order valence-electron chi connectivity index (χ2n) is 4.99. The van der Waals surface area contributed by atoms with Gasteiger partial charge in [0, 0.05) is 19.1 Å². The number of fused-ring (bicyclic) bond motifs is 1. The summed E-state index contributed by atoms with van der Waals surface area (Å²) in [5.74, 6) is -1.12. The van der Waals surface area contributed by atoms with Gasteiger partial charge in [0.1, 0.15) is 6.61 Å². The van der Waals surface area contributed by atoms with Crippen LogP contribution in [0, 0.1) is 0 Å². The lowest BCUT2D eigenvalue weighted by molar-refractivity contribution is -0.136. The third-order valence-corrected chi connectivity index (χ3v) is 3.17. The quantitative estimate of drug-likeness (QED) is 0.822. The molecule has 0 spiro atoms. The lowest BCUT2D eigenvalue weighted by Gasteiger charge is -2.16. The predicted octanol–water partition coefficient (Wildman–Crippen LogP) is 0.591. The first-order valence-corrected chi connectivity index (χ1v) is 6.44. The second-order valence-corrected chi connectivity index (χ2v) is 4.99. The molecule has 1 unspecified atom stereocenters. The molecule has 2 rings (SSSR count). The summed E-state index contributed by atoms with van der Waals surface area (Å²) in [6.07, 6.45) is 0. The molecule has 0 saturated carbocycles. The van der Waals surface area contributed by atoms with Gasteiger partial charge in [-0.3, -0.25) is 4.79 Å². The summed E-state index contributed by atoms with van der Waals surface area (Å²) in [6.45, 7) is 2.84. The highest BCUT2D eigenvalue weighted by Gasteiger charge is 2.27. The topological polar surface area (TPSA) is 92.9 Å². The summed E-state index contributed by atoms with van der Waals surface area (Å²) in [4.78, 5) is 24.7. The molecule has 3 N–H and O–H groups in total. The summed E-state index contributed by atoms with van der Waals surface area (Å²) in [5.41, 5.74) is 7.39. The van der Waals surface area contributed by atoms with Gasteiger partial charge in [0.2, 0.25) is 5.91 Å². The first-order valence-electron chi connectivity index (χ1n) is 6.44. The number of aromatic carboxylic acids is 1. The largest absolute Gasteiger partial charge is 0.478 e. The molecule has 0 saturated heterocycles. The Bertz CT molecular complexity index is 528. The summed E-state index contributed by atoms with van der Waals surface area (Å²) in [5, 5.41) is 9.13. The highest BCUT2D eigenvalue weighted by atomic mass is 16.5. The number of carboxylic acid groups (broad SMARTS) is 1. The number of benzene rings is 1. The first kappa shape index (κ1) is 14.5. The van der Waals surface area contributed by atoms with Crippen LogP contribution < -0.4 is 5.73 Å². The van der Waals surface area contributed by atoms with Gasteiger partial charge < -0.3 is 20.5 Å². The zero-order valence-corrected chi connectivity index (χ0v) is 11.3. The predicted molar refractivity (Wildman–Crippen MR) is 72.1 cm³/mol. The van der Waals surface area contributed by atoms with Gasteiger partial charge in [0.25, 0.3) is 0 Å². The van der Waals surface area contributed by atoms with Crippen molar-refractivity contribution in [1.82, 2.24) is 4.90 Å². The Morgan fingerprint density at radius 2 is 2.20 bits per heavy atom. The molecule has 0 radical (unpaired) electrons. The molecule has 1 aromatic rings. The van der Waals surface area contributed by atoms with Gasteiger partial charge in [0.15, 0.2) is 0 Å². The molecule has 1 aromatic carbocycles. The minimum atomic E-state index is -0.968. The van der Waals surface area contributed by atoms with Crippen LogP contribution in [0.5, 0.6) is 0 Å². The molecule has 1 aliphatic rings. The molecule has 0 bridgehead atoms. The van der Waals surface area contributed by atoms with Crippen LogP contribution in [-0.4, -0.2) is 41.1 Å². The fourth-order valence-corrected chi connectivity index (χ4v) is 2.22. The minimum absolute atomic E-state index is 0.0298. The van der Waals surface area contributed by atoms with Crippen molar-refractivity contribution < 1.29 is 19.4 Å². The highest BCUT2D eigenvalue weighted by Crippen LogP contribution is 2.26. The van der Waals surface area contributed by atoms with E-state index in [2.05, 4.69) is 0 Å². The molecule has 6 heteroatoms. The molecule has 1 heterocycles. The Morgan fingerprint density at radius 1 is 1.45 bits per heavy atom. The zero-order valence-electron chi connectivity index (χ0n) is 11.3. The van der Waals surface area contributed by atoms with Gasteiger partial charge in [-0.25, -0.2) is 4.79 Å². The van der Waals surface area contributed by atoms with E-state index in [-0.39, 0.29) is 24.1 Å². The van der Waals surface area contributed by atoms with Crippen molar-refractivity contribution in [2.75, 3.05) is 13.2 Å². The smallest absolute Gasteiger partial charge is 0.336 e. The van der Waals surface area contributed by atoms with E-state index < -0.39 is 5.97 Å². The lowest BCUT2D eigenvalue weighted by atomic mass is 10.0. The molecule has 6 nitrogen and oxygen atoms in total. The van der Waals surface area contributed by atoms with Gasteiger partial charge in [-0.15, -0.1) is 0 Å². The lowest BCUT2D eigenvalue weighted by Crippen LogP contribution is -2.31. The van der Waals surface area contributed by atoms with Crippen molar-refractivity contribution in [2.24, 2.45) is 5.73 Å². The van der Waals surface area contributed by atoms with Crippen molar-refractivity contribution in [3.05, 3.63) is 34.9 Å². The maximum Gasteiger partial charge on any atom is 0.336 e. The molecule has 1 atom stereocenters. The van der Waals surface area contributed by atoms with Crippen LogP contribution in [0.1, 0.15) is 28.4 Å². The number of hydrogen-bond donors (Lipinski definition) is 2. The molecule has 0 aromatic heterocycles. The van der Waals surface area contributed by atoms with E-state index in [1.807, 2.05) is 6.07 Å². The third-order valence-electron chi connectivity index (χ3n) is 3.17. The van der Waals surface area contributed by atoms with E-state index in [9.17, 15) is 9.59 Å². The van der Waals surface area contributed by atoms with Crippen molar-refractivity contribution in [3.63, 3.8) is 0 Å². The Hall–Kier alpha value is -1.92. The summed E-state index contributed by atoms with van der Waals surface area (Å²) < 4.78 is 5.21. The number of carbonyl (C=O) groups excluding carboxylic acids is 1. The van der Waals surface area contributed by atoms with Gasteiger partial charge in [0.05, 0.1) is 12.2 Å². The summed E-state index contributed by atoms with van der Waals surface area (Å²) >= 11 is 0. The van der Waals surface area contributed by atoms with Crippen LogP contribution in [-0.2, 0) is 22.6 Å². The monoisotopic (exact) mass is 278 g/mol.